The lowest BCUT2D eigenvalue weighted by Gasteiger charge is -2.21. The van der Waals surface area contributed by atoms with Gasteiger partial charge in [-0.3, -0.25) is 9.59 Å². The largest absolute Gasteiger partial charge is 0.339 e. The smallest absolute Gasteiger partial charge is 0.255 e. The molecule has 0 aliphatic rings. The first-order chi connectivity index (χ1) is 12.5. The molecule has 0 aliphatic carbocycles. The van der Waals surface area contributed by atoms with E-state index in [0.29, 0.717) is 16.8 Å². The summed E-state index contributed by atoms with van der Waals surface area (Å²) in [6.45, 7) is 7.62. The van der Waals surface area contributed by atoms with E-state index in [0.717, 1.165) is 35.1 Å². The number of aryl methyl sites for hydroxylation is 1. The van der Waals surface area contributed by atoms with Crippen LogP contribution in [0.1, 0.15) is 53.0 Å². The van der Waals surface area contributed by atoms with Gasteiger partial charge in [0.25, 0.3) is 11.8 Å². The van der Waals surface area contributed by atoms with Crippen LogP contribution in [0, 0.1) is 10.5 Å². The van der Waals surface area contributed by atoms with E-state index >= 15 is 0 Å². The van der Waals surface area contributed by atoms with Gasteiger partial charge in [-0.15, -0.1) is 0 Å². The molecule has 0 heterocycles. The van der Waals surface area contributed by atoms with E-state index in [1.165, 1.54) is 0 Å². The minimum atomic E-state index is -0.175. The lowest BCUT2D eigenvalue weighted by Crippen LogP contribution is -2.32. The molecule has 2 aromatic rings. The summed E-state index contributed by atoms with van der Waals surface area (Å²) < 4.78 is 1.05. The molecule has 138 valence electrons. The van der Waals surface area contributed by atoms with Crippen LogP contribution >= 0.6 is 22.6 Å². The van der Waals surface area contributed by atoms with Crippen molar-refractivity contribution in [2.24, 2.45) is 0 Å². The molecule has 5 heteroatoms. The van der Waals surface area contributed by atoms with Gasteiger partial charge >= 0.3 is 0 Å². The summed E-state index contributed by atoms with van der Waals surface area (Å²) in [5.74, 6) is -0.166. The van der Waals surface area contributed by atoms with E-state index in [-0.39, 0.29) is 11.8 Å². The predicted octanol–water partition coefficient (Wildman–Crippen LogP) is 5.11. The Bertz CT molecular complexity index is 783. The Balaban J connectivity index is 2.16. The Morgan fingerprint density at radius 1 is 1.00 bits per heavy atom. The molecule has 0 unspecified atom stereocenters. The Morgan fingerprint density at radius 3 is 2.31 bits per heavy atom. The highest BCUT2D eigenvalue weighted by molar-refractivity contribution is 14.1. The van der Waals surface area contributed by atoms with Crippen molar-refractivity contribution < 1.29 is 9.59 Å². The lowest BCUT2D eigenvalue weighted by molar-refractivity contribution is 0.0755. The summed E-state index contributed by atoms with van der Waals surface area (Å²) in [6, 6.07) is 12.8. The predicted molar refractivity (Wildman–Crippen MR) is 115 cm³/mol. The van der Waals surface area contributed by atoms with Crippen molar-refractivity contribution in [1.82, 2.24) is 4.90 Å². The van der Waals surface area contributed by atoms with Gasteiger partial charge in [0, 0.05) is 33.5 Å². The molecule has 0 radical (unpaired) electrons. The third-order valence-corrected chi connectivity index (χ3v) is 5.24. The lowest BCUT2D eigenvalue weighted by atomic mass is 10.1. The molecule has 0 aliphatic heterocycles. The molecule has 2 amide bonds. The minimum Gasteiger partial charge on any atom is -0.339 e. The average Bonchev–Trinajstić information content (AvgIpc) is 2.63. The molecule has 0 bridgehead atoms. The van der Waals surface area contributed by atoms with Crippen LogP contribution in [0.15, 0.2) is 42.5 Å². The second-order valence-corrected chi connectivity index (χ2v) is 7.45. The molecular formula is C21H25IN2O2. The molecule has 2 rings (SSSR count). The zero-order chi connectivity index (χ0) is 19.1. The van der Waals surface area contributed by atoms with Crippen LogP contribution in [0.4, 0.5) is 5.69 Å². The third-order valence-electron chi connectivity index (χ3n) is 4.08. The highest BCUT2D eigenvalue weighted by Gasteiger charge is 2.15. The Labute approximate surface area is 169 Å². The van der Waals surface area contributed by atoms with Gasteiger partial charge in [0.15, 0.2) is 0 Å². The molecule has 0 aromatic heterocycles. The number of rotatable bonds is 7. The summed E-state index contributed by atoms with van der Waals surface area (Å²) >= 11 is 2.22. The normalized spacial score (nSPS) is 10.5. The van der Waals surface area contributed by atoms with E-state index in [2.05, 4.69) is 41.8 Å². The first-order valence-electron chi connectivity index (χ1n) is 8.93. The van der Waals surface area contributed by atoms with Crippen molar-refractivity contribution >= 4 is 40.1 Å². The van der Waals surface area contributed by atoms with E-state index in [9.17, 15) is 9.59 Å². The standard InChI is InChI=1S/C21H25IN2O2/c1-4-11-24(12-5-2)21(26)17-7-6-8-18(13-17)23-20(25)16-10-9-15(3)19(22)14-16/h6-10,13-14H,4-5,11-12H2,1-3H3,(H,23,25). The van der Waals surface area contributed by atoms with Crippen molar-refractivity contribution in [2.45, 2.75) is 33.6 Å². The van der Waals surface area contributed by atoms with Gasteiger partial charge in [0.05, 0.1) is 0 Å². The maximum Gasteiger partial charge on any atom is 0.255 e. The second-order valence-electron chi connectivity index (χ2n) is 6.29. The fourth-order valence-electron chi connectivity index (χ4n) is 2.70. The Kier molecular flexibility index (Phi) is 7.63. The maximum atomic E-state index is 12.7. The summed E-state index contributed by atoms with van der Waals surface area (Å²) in [6.07, 6.45) is 1.85. The van der Waals surface area contributed by atoms with Crippen LogP contribution in [0.5, 0.6) is 0 Å². The van der Waals surface area contributed by atoms with Crippen molar-refractivity contribution in [3.05, 3.63) is 62.7 Å². The number of nitrogens with one attached hydrogen (secondary N) is 1. The zero-order valence-corrected chi connectivity index (χ0v) is 17.7. The number of carbonyl (C=O) groups excluding carboxylic acids is 2. The molecule has 2 aromatic carbocycles. The average molecular weight is 464 g/mol. The summed E-state index contributed by atoms with van der Waals surface area (Å²) in [5.41, 5.74) is 2.98. The van der Waals surface area contributed by atoms with Crippen molar-refractivity contribution in [1.29, 1.82) is 0 Å². The molecule has 0 saturated carbocycles. The van der Waals surface area contributed by atoms with E-state index < -0.39 is 0 Å². The summed E-state index contributed by atoms with van der Waals surface area (Å²) in [7, 11) is 0. The monoisotopic (exact) mass is 464 g/mol. The fourth-order valence-corrected chi connectivity index (χ4v) is 3.22. The number of hydrogen-bond donors (Lipinski definition) is 1. The quantitative estimate of drug-likeness (QED) is 0.579. The van der Waals surface area contributed by atoms with E-state index in [1.54, 1.807) is 24.3 Å². The fraction of sp³-hybridized carbons (Fsp3) is 0.333. The minimum absolute atomic E-state index is 0.00897. The summed E-state index contributed by atoms with van der Waals surface area (Å²) in [5, 5.41) is 2.89. The SMILES string of the molecule is CCCN(CCC)C(=O)c1cccc(NC(=O)c2ccc(C)c(I)c2)c1. The van der Waals surface area contributed by atoms with Gasteiger partial charge in [0.1, 0.15) is 0 Å². The highest BCUT2D eigenvalue weighted by atomic mass is 127. The van der Waals surface area contributed by atoms with Gasteiger partial charge < -0.3 is 10.2 Å². The summed E-state index contributed by atoms with van der Waals surface area (Å²) in [4.78, 5) is 27.1. The number of benzene rings is 2. The Morgan fingerprint density at radius 2 is 1.69 bits per heavy atom. The van der Waals surface area contributed by atoms with Crippen LogP contribution in [-0.2, 0) is 0 Å². The third kappa shape index (κ3) is 5.30. The van der Waals surface area contributed by atoms with Crippen molar-refractivity contribution in [3.63, 3.8) is 0 Å². The molecule has 1 N–H and O–H groups in total. The van der Waals surface area contributed by atoms with Gasteiger partial charge in [0.2, 0.25) is 0 Å². The van der Waals surface area contributed by atoms with Gasteiger partial charge in [-0.25, -0.2) is 0 Å². The molecule has 0 fully saturated rings. The number of anilines is 1. The molecule has 0 saturated heterocycles. The highest BCUT2D eigenvalue weighted by Crippen LogP contribution is 2.17. The first kappa shape index (κ1) is 20.4. The zero-order valence-electron chi connectivity index (χ0n) is 15.5. The number of hydrogen-bond acceptors (Lipinski definition) is 2. The van der Waals surface area contributed by atoms with Gasteiger partial charge in [-0.1, -0.05) is 26.0 Å². The molecule has 26 heavy (non-hydrogen) atoms. The number of halogens is 1. The Hall–Kier alpha value is -1.89. The number of nitrogens with zero attached hydrogens (tertiary/aromatic N) is 1. The van der Waals surface area contributed by atoms with Gasteiger partial charge in [-0.05, 0) is 78.3 Å². The molecule has 4 nitrogen and oxygen atoms in total. The maximum absolute atomic E-state index is 12.7. The van der Waals surface area contributed by atoms with Crippen LogP contribution < -0.4 is 5.32 Å². The van der Waals surface area contributed by atoms with Crippen LogP contribution in [0.25, 0.3) is 0 Å². The topological polar surface area (TPSA) is 49.4 Å². The number of amides is 2. The first-order valence-corrected chi connectivity index (χ1v) is 10.0. The van der Waals surface area contributed by atoms with Crippen LogP contribution in [-0.4, -0.2) is 29.8 Å². The number of carbonyl (C=O) groups is 2. The van der Waals surface area contributed by atoms with Crippen molar-refractivity contribution in [3.8, 4) is 0 Å². The van der Waals surface area contributed by atoms with E-state index in [4.69, 9.17) is 0 Å². The van der Waals surface area contributed by atoms with Crippen LogP contribution in [0.2, 0.25) is 0 Å². The van der Waals surface area contributed by atoms with Crippen LogP contribution in [0.3, 0.4) is 0 Å². The van der Waals surface area contributed by atoms with Crippen molar-refractivity contribution in [2.75, 3.05) is 18.4 Å². The second kappa shape index (κ2) is 9.71. The molecular weight excluding hydrogens is 439 g/mol. The van der Waals surface area contributed by atoms with Gasteiger partial charge in [-0.2, -0.15) is 0 Å². The molecule has 0 atom stereocenters. The molecule has 0 spiro atoms. The van der Waals surface area contributed by atoms with E-state index in [1.807, 2.05) is 30.0 Å².